The van der Waals surface area contributed by atoms with Gasteiger partial charge in [0.15, 0.2) is 29.8 Å². The van der Waals surface area contributed by atoms with Crippen molar-refractivity contribution in [3.8, 4) is 28.4 Å². The molecule has 28 heteroatoms. The fraction of sp³-hybridized carbons (Fsp3) is 0.648. The summed E-state index contributed by atoms with van der Waals surface area (Å²) in [6.45, 7) is 21.4. The molecule has 82 heavy (non-hydrogen) atoms. The Morgan fingerprint density at radius 2 is 1.39 bits per heavy atom. The van der Waals surface area contributed by atoms with Gasteiger partial charge in [-0.05, 0) is 124 Å². The molecule has 0 saturated carbocycles. The number of nitrogens with two attached hydrogens (primary N) is 1. The zero-order valence-electron chi connectivity index (χ0n) is 50.0. The Morgan fingerprint density at radius 3 is 1.98 bits per heavy atom. The predicted octanol–water partition coefficient (Wildman–Crippen LogP) is 3.59. The number of amides is 6. The summed E-state index contributed by atoms with van der Waals surface area (Å²) in [4.78, 5) is 94.9. The Balaban J connectivity index is 2.35. The van der Waals surface area contributed by atoms with Crippen molar-refractivity contribution in [1.29, 1.82) is 0 Å². The van der Waals surface area contributed by atoms with Crippen molar-refractivity contribution in [2.75, 3.05) is 60.4 Å². The Morgan fingerprint density at radius 1 is 0.793 bits per heavy atom. The zero-order chi connectivity index (χ0) is 61.9. The number of carbonyl (C=O) groups excluding carboxylic acids is 7. The summed E-state index contributed by atoms with van der Waals surface area (Å²) in [6, 6.07) is 2.74. The minimum absolute atomic E-state index is 0.00324. The van der Waals surface area contributed by atoms with E-state index in [0.717, 1.165) is 18.1 Å². The lowest BCUT2D eigenvalue weighted by Gasteiger charge is -2.32. The molecule has 0 fully saturated rings. The number of esters is 1. The van der Waals surface area contributed by atoms with Crippen molar-refractivity contribution in [3.63, 3.8) is 0 Å². The SMILES string of the molecule is COC(=O)[C@@H]1Cc2ccc(OCCC[C@H](O)CNC(=O)OC(C)(C)C)c(c2)-c2cc(cc(OC[C@H](O)CNC(=O)OC(C)(C)C)c2OCOCC[Si](C)(C)C)[C@H](N(C)C(=O)[C@@H](N)CN[S+]([O-])NC(=O)OC(C)(C)C)C(=O)N[C@@H](C)C(=O)N1. The number of alkyl carbamates (subject to hydrolysis) is 2. The van der Waals surface area contributed by atoms with E-state index in [2.05, 4.69) is 50.4 Å². The van der Waals surface area contributed by atoms with Gasteiger partial charge in [-0.1, -0.05) is 25.7 Å². The maximum atomic E-state index is 14.9. The molecular formula is C54H88N8O18SSi. The highest BCUT2D eigenvalue weighted by molar-refractivity contribution is 7.88. The van der Waals surface area contributed by atoms with E-state index in [1.807, 2.05) is 0 Å². The lowest BCUT2D eigenvalue weighted by atomic mass is 9.93. The first-order chi connectivity index (χ1) is 37.9. The molecule has 1 aliphatic rings. The van der Waals surface area contributed by atoms with Crippen LogP contribution in [0.4, 0.5) is 14.4 Å². The van der Waals surface area contributed by atoms with Gasteiger partial charge in [-0.3, -0.25) is 14.4 Å². The highest BCUT2D eigenvalue weighted by Crippen LogP contribution is 2.46. The number of aliphatic hydroxyl groups is 2. The van der Waals surface area contributed by atoms with Crippen LogP contribution in [-0.2, 0) is 60.8 Å². The van der Waals surface area contributed by atoms with Crippen LogP contribution in [0.2, 0.25) is 25.7 Å². The fourth-order valence-electron chi connectivity index (χ4n) is 7.52. The molecule has 2 aromatic carbocycles. The number of ether oxygens (including phenoxy) is 8. The van der Waals surface area contributed by atoms with Gasteiger partial charge in [-0.25, -0.2) is 19.2 Å². The molecule has 0 aliphatic carbocycles. The smallest absolute Gasteiger partial charge is 0.451 e. The Hall–Kier alpha value is -6.14. The van der Waals surface area contributed by atoms with Gasteiger partial charge >= 0.3 is 24.2 Å². The highest BCUT2D eigenvalue weighted by Gasteiger charge is 2.37. The second kappa shape index (κ2) is 31.5. The summed E-state index contributed by atoms with van der Waals surface area (Å²) in [6.07, 6.45) is -4.58. The van der Waals surface area contributed by atoms with Crippen LogP contribution in [0, 0.1) is 0 Å². The van der Waals surface area contributed by atoms with Crippen molar-refractivity contribution < 1.29 is 86.2 Å². The lowest BCUT2D eigenvalue weighted by Crippen LogP contribution is -2.55. The molecule has 0 spiro atoms. The molecule has 0 radical (unpaired) electrons. The van der Waals surface area contributed by atoms with E-state index < -0.39 is 128 Å². The Labute approximate surface area is 485 Å². The first kappa shape index (κ1) is 70.1. The number of nitrogens with zero attached hydrogens (tertiary/aromatic N) is 1. The van der Waals surface area contributed by atoms with Gasteiger partial charge in [0.1, 0.15) is 59.4 Å². The van der Waals surface area contributed by atoms with Crippen LogP contribution in [0.1, 0.15) is 99.2 Å². The zero-order valence-corrected chi connectivity index (χ0v) is 51.8. The number of likely N-dealkylation sites (N-methyl/N-ethyl adjacent to an activating group) is 1. The van der Waals surface area contributed by atoms with Crippen LogP contribution in [0.15, 0.2) is 30.3 Å². The second-order valence-electron chi connectivity index (χ2n) is 23.8. The van der Waals surface area contributed by atoms with E-state index in [0.29, 0.717) is 12.2 Å². The van der Waals surface area contributed by atoms with Crippen molar-refractivity contribution in [2.24, 2.45) is 5.73 Å². The molecule has 1 heterocycles. The fourth-order valence-corrected chi connectivity index (χ4v) is 8.88. The summed E-state index contributed by atoms with van der Waals surface area (Å²) in [5, 5.41) is 32.4. The van der Waals surface area contributed by atoms with Crippen LogP contribution in [0.25, 0.3) is 11.1 Å². The second-order valence-corrected chi connectivity index (χ2v) is 30.4. The number of benzene rings is 2. The number of fused-ring (bicyclic) bond motifs is 5. The number of hydrogen-bond acceptors (Lipinski definition) is 20. The molecular weight excluding hydrogens is 1110 g/mol. The third kappa shape index (κ3) is 25.6. The molecule has 1 aliphatic heterocycles. The molecule has 10 N–H and O–H groups in total. The van der Waals surface area contributed by atoms with Crippen molar-refractivity contribution in [1.82, 2.24) is 35.6 Å². The van der Waals surface area contributed by atoms with Gasteiger partial charge in [0.25, 0.3) is 0 Å². The molecule has 7 atom stereocenters. The average Bonchev–Trinajstić information content (AvgIpc) is 3.36. The lowest BCUT2D eigenvalue weighted by molar-refractivity contribution is -0.145. The van der Waals surface area contributed by atoms with Gasteiger partial charge in [0, 0.05) is 45.8 Å². The highest BCUT2D eigenvalue weighted by atomic mass is 32.2. The first-order valence-corrected chi connectivity index (χ1v) is 31.7. The number of methoxy groups -OCH3 is 1. The summed E-state index contributed by atoms with van der Waals surface area (Å²) >= 11 is -2.29. The van der Waals surface area contributed by atoms with Crippen molar-refractivity contribution in [3.05, 3.63) is 41.5 Å². The minimum Gasteiger partial charge on any atom is -0.573 e. The van der Waals surface area contributed by atoms with Crippen LogP contribution in [0.3, 0.4) is 0 Å². The van der Waals surface area contributed by atoms with E-state index in [1.165, 1.54) is 26.1 Å². The summed E-state index contributed by atoms with van der Waals surface area (Å²) < 4.78 is 63.6. The van der Waals surface area contributed by atoms with Crippen molar-refractivity contribution in [2.45, 2.75) is 167 Å². The Bertz CT molecular complexity index is 2480. The van der Waals surface area contributed by atoms with Crippen LogP contribution in [-0.4, -0.2) is 177 Å². The summed E-state index contributed by atoms with van der Waals surface area (Å²) in [7, 11) is 0.814. The molecule has 0 aromatic heterocycles. The predicted molar refractivity (Wildman–Crippen MR) is 306 cm³/mol. The number of hydrogen-bond donors (Lipinski definition) is 9. The molecule has 6 amide bonds. The molecule has 1 unspecified atom stereocenters. The maximum absolute atomic E-state index is 14.9. The van der Waals surface area contributed by atoms with Crippen LogP contribution >= 0.6 is 0 Å². The molecule has 26 nitrogen and oxygen atoms in total. The number of nitrogens with one attached hydrogen (secondary N) is 6. The molecule has 0 saturated heterocycles. The number of rotatable bonds is 25. The number of carbonyl (C=O) groups is 7. The van der Waals surface area contributed by atoms with E-state index in [9.17, 15) is 48.3 Å². The third-order valence-electron chi connectivity index (χ3n) is 11.4. The molecule has 3 rings (SSSR count). The summed E-state index contributed by atoms with van der Waals surface area (Å²) in [5.41, 5.74) is 4.81. The molecule has 462 valence electrons. The van der Waals surface area contributed by atoms with Crippen LogP contribution in [0.5, 0.6) is 17.2 Å². The standard InChI is InChI=1S/C54H88N8O18SSi/c1-32-45(65)60-40(48(68)73-12)24-33-18-19-41(75-20-16-17-35(63)27-56-49(69)78-52(2,3)4)37(23-33)38-25-34(43(46(66)59-32)62(11)47(67)39(55)29-58-81(72)61-51(71)80-54(8,9)10)26-42(44(38)77-31-74-21-22-82(13,14)15)76-30-36(64)28-57-50(70)79-53(5,6)7/h18-19,23,25-26,32,35-36,39-40,43,58,63-64H,16-17,20-22,24,27-31,55H2,1-15H3,(H,56,69)(H,57,70)(H,59,66)(H,60,65)(H,61,71)/t32-,35-,36+,39-,40-,43-,81?/m0/s1. The Kier molecular flexibility index (Phi) is 26.9. The third-order valence-corrected chi connectivity index (χ3v) is 13.9. The van der Waals surface area contributed by atoms with Gasteiger partial charge in [0.2, 0.25) is 17.7 Å². The van der Waals surface area contributed by atoms with Crippen LogP contribution < -0.4 is 50.7 Å². The number of aliphatic hydroxyl groups excluding tert-OH is 2. The summed E-state index contributed by atoms with van der Waals surface area (Å²) in [5.74, 6) is -3.38. The maximum Gasteiger partial charge on any atom is 0.451 e. The molecule has 2 aromatic rings. The largest absolute Gasteiger partial charge is 0.573 e. The molecule has 4 bridgehead atoms. The minimum atomic E-state index is -2.29. The van der Waals surface area contributed by atoms with E-state index in [-0.39, 0.29) is 79.7 Å². The monoisotopic (exact) mass is 1200 g/mol. The van der Waals surface area contributed by atoms with E-state index in [4.69, 9.17) is 43.6 Å². The van der Waals surface area contributed by atoms with Gasteiger partial charge in [-0.15, -0.1) is 9.44 Å². The van der Waals surface area contributed by atoms with Gasteiger partial charge in [-0.2, -0.15) is 0 Å². The topological polar surface area (TPSA) is 358 Å². The normalized spacial score (nSPS) is 17.4. The van der Waals surface area contributed by atoms with Gasteiger partial charge in [0.05, 0.1) is 32.9 Å². The van der Waals surface area contributed by atoms with E-state index in [1.54, 1.807) is 80.5 Å². The van der Waals surface area contributed by atoms with Gasteiger partial charge < -0.3 is 84.6 Å². The first-order valence-electron chi connectivity index (χ1n) is 26.9. The van der Waals surface area contributed by atoms with Crippen molar-refractivity contribution >= 4 is 61.6 Å². The quantitative estimate of drug-likeness (QED) is 0.0171. The van der Waals surface area contributed by atoms with E-state index >= 15 is 0 Å². The average molecular weight is 1200 g/mol.